The van der Waals surface area contributed by atoms with E-state index in [0.29, 0.717) is 13.0 Å². The first-order valence-electron chi connectivity index (χ1n) is 8.41. The van der Waals surface area contributed by atoms with E-state index in [1.54, 1.807) is 25.1 Å². The molecule has 1 aromatic carbocycles. The standard InChI is InChI=1S/C19H20N4O2S/c1-24-16-9-7-15(8-10-16)18-21-22-19(26-13-4-2-3-11-20)23(18)14-17-6-5-12-25-17/h5-10,12H,2-4,13-14H2,1H3. The Kier molecular flexibility index (Phi) is 6.34. The van der Waals surface area contributed by atoms with Crippen molar-refractivity contribution in [2.45, 2.75) is 31.0 Å². The van der Waals surface area contributed by atoms with Crippen molar-refractivity contribution in [2.75, 3.05) is 12.9 Å². The van der Waals surface area contributed by atoms with Gasteiger partial charge < -0.3 is 9.15 Å². The van der Waals surface area contributed by atoms with Gasteiger partial charge in [-0.25, -0.2) is 0 Å². The van der Waals surface area contributed by atoms with Gasteiger partial charge in [0.25, 0.3) is 0 Å². The number of hydrogen-bond acceptors (Lipinski definition) is 6. The van der Waals surface area contributed by atoms with Gasteiger partial charge in [0.05, 0.1) is 26.0 Å². The molecule has 0 radical (unpaired) electrons. The van der Waals surface area contributed by atoms with Crippen LogP contribution in [0.5, 0.6) is 5.75 Å². The lowest BCUT2D eigenvalue weighted by Gasteiger charge is -2.09. The van der Waals surface area contributed by atoms with Crippen LogP contribution in [-0.4, -0.2) is 27.6 Å². The summed E-state index contributed by atoms with van der Waals surface area (Å²) in [5, 5.41) is 18.3. The Bertz CT molecular complexity index is 851. The molecule has 0 bridgehead atoms. The summed E-state index contributed by atoms with van der Waals surface area (Å²) in [6, 6.07) is 13.8. The molecule has 6 nitrogen and oxygen atoms in total. The fourth-order valence-corrected chi connectivity index (χ4v) is 3.46. The van der Waals surface area contributed by atoms with Gasteiger partial charge in [0, 0.05) is 17.7 Å². The van der Waals surface area contributed by atoms with Gasteiger partial charge >= 0.3 is 0 Å². The molecule has 0 spiro atoms. The number of methoxy groups -OCH3 is 1. The van der Waals surface area contributed by atoms with Crippen molar-refractivity contribution in [1.29, 1.82) is 5.26 Å². The van der Waals surface area contributed by atoms with Crippen LogP contribution in [0.4, 0.5) is 0 Å². The number of thioether (sulfide) groups is 1. The normalized spacial score (nSPS) is 10.6. The summed E-state index contributed by atoms with van der Waals surface area (Å²) in [7, 11) is 1.65. The Hall–Kier alpha value is -2.72. The van der Waals surface area contributed by atoms with Crippen molar-refractivity contribution in [3.63, 3.8) is 0 Å². The molecular weight excluding hydrogens is 348 g/mol. The Morgan fingerprint density at radius 3 is 2.73 bits per heavy atom. The van der Waals surface area contributed by atoms with E-state index in [0.717, 1.165) is 46.6 Å². The molecule has 2 aromatic heterocycles. The molecule has 0 N–H and O–H groups in total. The Morgan fingerprint density at radius 2 is 2.04 bits per heavy atom. The van der Waals surface area contributed by atoms with E-state index in [1.807, 2.05) is 36.4 Å². The highest BCUT2D eigenvalue weighted by Gasteiger charge is 2.15. The van der Waals surface area contributed by atoms with Crippen molar-refractivity contribution in [3.05, 3.63) is 48.4 Å². The second-order valence-corrected chi connectivity index (χ2v) is 6.73. The number of rotatable bonds is 9. The molecule has 0 fully saturated rings. The number of hydrogen-bond donors (Lipinski definition) is 0. The molecule has 0 saturated carbocycles. The van der Waals surface area contributed by atoms with Crippen molar-refractivity contribution in [3.8, 4) is 23.2 Å². The fraction of sp³-hybridized carbons (Fsp3) is 0.316. The van der Waals surface area contributed by atoms with Gasteiger partial charge in [-0.05, 0) is 49.2 Å². The minimum absolute atomic E-state index is 0.571. The number of furan rings is 1. The van der Waals surface area contributed by atoms with Crippen LogP contribution in [0, 0.1) is 11.3 Å². The van der Waals surface area contributed by atoms with Crippen LogP contribution < -0.4 is 4.74 Å². The predicted molar refractivity (Wildman–Crippen MR) is 100 cm³/mol. The highest BCUT2D eigenvalue weighted by Crippen LogP contribution is 2.27. The average Bonchev–Trinajstić information content (AvgIpc) is 3.32. The third-order valence-electron chi connectivity index (χ3n) is 3.87. The van der Waals surface area contributed by atoms with Gasteiger partial charge in [-0.3, -0.25) is 4.57 Å². The molecule has 3 rings (SSSR count). The Morgan fingerprint density at radius 1 is 1.19 bits per heavy atom. The number of unbranched alkanes of at least 4 members (excludes halogenated alkanes) is 2. The first-order chi connectivity index (χ1) is 12.8. The molecule has 0 amide bonds. The largest absolute Gasteiger partial charge is 0.497 e. The quantitative estimate of drug-likeness (QED) is 0.412. The van der Waals surface area contributed by atoms with E-state index < -0.39 is 0 Å². The van der Waals surface area contributed by atoms with E-state index in [9.17, 15) is 0 Å². The molecular formula is C19H20N4O2S. The molecule has 0 unspecified atom stereocenters. The van der Waals surface area contributed by atoms with E-state index in [-0.39, 0.29) is 0 Å². The van der Waals surface area contributed by atoms with Crippen molar-refractivity contribution < 1.29 is 9.15 Å². The number of nitrogens with zero attached hydrogens (tertiary/aromatic N) is 4. The van der Waals surface area contributed by atoms with E-state index in [4.69, 9.17) is 14.4 Å². The number of ether oxygens (including phenoxy) is 1. The predicted octanol–water partition coefficient (Wildman–Crippen LogP) is 4.38. The summed E-state index contributed by atoms with van der Waals surface area (Å²) in [5.74, 6) is 3.35. The highest BCUT2D eigenvalue weighted by atomic mass is 32.2. The fourth-order valence-electron chi connectivity index (χ4n) is 2.52. The molecule has 134 valence electrons. The Balaban J connectivity index is 1.82. The van der Waals surface area contributed by atoms with Gasteiger partial charge in [0.15, 0.2) is 11.0 Å². The molecule has 3 aromatic rings. The number of benzene rings is 1. The van der Waals surface area contributed by atoms with Gasteiger partial charge in [-0.1, -0.05) is 11.8 Å². The summed E-state index contributed by atoms with van der Waals surface area (Å²) in [6.07, 6.45) is 4.14. The maximum Gasteiger partial charge on any atom is 0.191 e. The lowest BCUT2D eigenvalue weighted by Crippen LogP contribution is -2.03. The molecule has 0 saturated heterocycles. The topological polar surface area (TPSA) is 76.9 Å². The molecule has 0 aliphatic heterocycles. The van der Waals surface area contributed by atoms with Crippen molar-refractivity contribution >= 4 is 11.8 Å². The third-order valence-corrected chi connectivity index (χ3v) is 4.93. The number of nitriles is 1. The molecule has 7 heteroatoms. The number of aromatic nitrogens is 3. The summed E-state index contributed by atoms with van der Waals surface area (Å²) in [4.78, 5) is 0. The summed E-state index contributed by atoms with van der Waals surface area (Å²) >= 11 is 1.66. The van der Waals surface area contributed by atoms with Crippen LogP contribution in [0.1, 0.15) is 25.0 Å². The minimum Gasteiger partial charge on any atom is -0.497 e. The maximum atomic E-state index is 8.63. The molecule has 26 heavy (non-hydrogen) atoms. The van der Waals surface area contributed by atoms with Crippen LogP contribution in [0.25, 0.3) is 11.4 Å². The molecule has 2 heterocycles. The second-order valence-electron chi connectivity index (χ2n) is 5.66. The zero-order chi connectivity index (χ0) is 18.2. The smallest absolute Gasteiger partial charge is 0.191 e. The van der Waals surface area contributed by atoms with Crippen molar-refractivity contribution in [2.24, 2.45) is 0 Å². The average molecular weight is 368 g/mol. The van der Waals surface area contributed by atoms with Crippen LogP contribution in [0.2, 0.25) is 0 Å². The zero-order valence-corrected chi connectivity index (χ0v) is 15.4. The van der Waals surface area contributed by atoms with Crippen LogP contribution >= 0.6 is 11.8 Å². The maximum absolute atomic E-state index is 8.63. The highest BCUT2D eigenvalue weighted by molar-refractivity contribution is 7.99. The molecule has 0 aliphatic carbocycles. The van der Waals surface area contributed by atoms with E-state index >= 15 is 0 Å². The monoisotopic (exact) mass is 368 g/mol. The van der Waals surface area contributed by atoms with Gasteiger partial charge in [0.1, 0.15) is 11.5 Å². The van der Waals surface area contributed by atoms with Crippen LogP contribution in [-0.2, 0) is 6.54 Å². The lowest BCUT2D eigenvalue weighted by molar-refractivity contribution is 0.415. The van der Waals surface area contributed by atoms with E-state index in [1.165, 1.54) is 0 Å². The third kappa shape index (κ3) is 4.46. The summed E-state index contributed by atoms with van der Waals surface area (Å²) in [5.41, 5.74) is 0.973. The SMILES string of the molecule is COc1ccc(-c2nnc(SCCCCC#N)n2Cc2ccco2)cc1. The summed E-state index contributed by atoms with van der Waals surface area (Å²) < 4.78 is 12.8. The van der Waals surface area contributed by atoms with Gasteiger partial charge in [-0.2, -0.15) is 5.26 Å². The molecule has 0 aliphatic rings. The second kappa shape index (κ2) is 9.11. The summed E-state index contributed by atoms with van der Waals surface area (Å²) in [6.45, 7) is 0.571. The van der Waals surface area contributed by atoms with Gasteiger partial charge in [-0.15, -0.1) is 10.2 Å². The van der Waals surface area contributed by atoms with E-state index in [2.05, 4.69) is 20.8 Å². The molecule has 0 atom stereocenters. The van der Waals surface area contributed by atoms with Crippen LogP contribution in [0.15, 0.2) is 52.2 Å². The van der Waals surface area contributed by atoms with Gasteiger partial charge in [0.2, 0.25) is 0 Å². The van der Waals surface area contributed by atoms with Crippen molar-refractivity contribution in [1.82, 2.24) is 14.8 Å². The Labute approximate surface area is 156 Å². The lowest BCUT2D eigenvalue weighted by atomic mass is 10.2. The zero-order valence-electron chi connectivity index (χ0n) is 14.6. The minimum atomic E-state index is 0.571. The van der Waals surface area contributed by atoms with Crippen LogP contribution in [0.3, 0.4) is 0 Å². The first kappa shape index (κ1) is 18.1. The first-order valence-corrected chi connectivity index (χ1v) is 9.40.